The highest BCUT2D eigenvalue weighted by atomic mass is 32.2. The average Bonchev–Trinajstić information content (AvgIpc) is 2.44. The van der Waals surface area contributed by atoms with E-state index >= 15 is 0 Å². The van der Waals surface area contributed by atoms with E-state index in [1.807, 2.05) is 0 Å². The molecule has 0 fully saturated rings. The standard InChI is InChI=1S/C14H20N2O5S/c1-4-15-22(19,20)12-7-5-11(6-8-12)14(18)21-9-13(17)16-10(2)3/h5-8,10,15H,4,9H2,1-3H3,(H,16,17). The molecule has 0 spiro atoms. The number of esters is 1. The van der Waals surface area contributed by atoms with E-state index in [1.165, 1.54) is 24.3 Å². The van der Waals surface area contributed by atoms with Crippen LogP contribution in [0.4, 0.5) is 0 Å². The second kappa shape index (κ2) is 7.90. The van der Waals surface area contributed by atoms with Crippen LogP contribution in [0.2, 0.25) is 0 Å². The van der Waals surface area contributed by atoms with E-state index in [0.29, 0.717) is 0 Å². The Bertz CT molecular complexity index is 623. The fourth-order valence-electron chi connectivity index (χ4n) is 1.62. The second-order valence-electron chi connectivity index (χ2n) is 4.82. The van der Waals surface area contributed by atoms with Gasteiger partial charge in [0.2, 0.25) is 10.0 Å². The predicted octanol–water partition coefficient (Wildman–Crippen LogP) is 0.666. The highest BCUT2D eigenvalue weighted by molar-refractivity contribution is 7.89. The van der Waals surface area contributed by atoms with Crippen LogP contribution >= 0.6 is 0 Å². The van der Waals surface area contributed by atoms with Crippen molar-refractivity contribution in [3.63, 3.8) is 0 Å². The van der Waals surface area contributed by atoms with Crippen LogP contribution in [0.1, 0.15) is 31.1 Å². The molecule has 122 valence electrons. The second-order valence-corrected chi connectivity index (χ2v) is 6.59. The molecule has 7 nitrogen and oxygen atoms in total. The molecule has 1 aromatic rings. The molecule has 0 heterocycles. The topological polar surface area (TPSA) is 102 Å². The largest absolute Gasteiger partial charge is 0.452 e. The van der Waals surface area contributed by atoms with Crippen LogP contribution in [0.15, 0.2) is 29.2 Å². The highest BCUT2D eigenvalue weighted by Gasteiger charge is 2.15. The van der Waals surface area contributed by atoms with E-state index in [2.05, 4.69) is 10.0 Å². The first-order valence-electron chi connectivity index (χ1n) is 6.82. The molecule has 1 aromatic carbocycles. The molecule has 0 aliphatic carbocycles. The summed E-state index contributed by atoms with van der Waals surface area (Å²) in [6, 6.07) is 5.26. The van der Waals surface area contributed by atoms with E-state index in [9.17, 15) is 18.0 Å². The maximum absolute atomic E-state index is 11.8. The maximum atomic E-state index is 11.8. The summed E-state index contributed by atoms with van der Waals surface area (Å²) in [6.07, 6.45) is 0. The Hall–Kier alpha value is -1.93. The fraction of sp³-hybridized carbons (Fsp3) is 0.429. The molecule has 0 aromatic heterocycles. The summed E-state index contributed by atoms with van der Waals surface area (Å²) < 4.78 is 30.7. The lowest BCUT2D eigenvalue weighted by Gasteiger charge is -2.09. The lowest BCUT2D eigenvalue weighted by Crippen LogP contribution is -2.34. The quantitative estimate of drug-likeness (QED) is 0.716. The number of carbonyl (C=O) groups excluding carboxylic acids is 2. The van der Waals surface area contributed by atoms with Gasteiger partial charge in [-0.05, 0) is 38.1 Å². The van der Waals surface area contributed by atoms with Gasteiger partial charge in [-0.1, -0.05) is 6.92 Å². The van der Waals surface area contributed by atoms with E-state index in [-0.39, 0.29) is 29.7 Å². The van der Waals surface area contributed by atoms with E-state index in [1.54, 1.807) is 20.8 Å². The Balaban J connectivity index is 2.67. The minimum Gasteiger partial charge on any atom is -0.452 e. The van der Waals surface area contributed by atoms with Crippen LogP contribution in [-0.2, 0) is 19.6 Å². The summed E-state index contributed by atoms with van der Waals surface area (Å²) in [5, 5.41) is 2.59. The Labute approximate surface area is 130 Å². The SMILES string of the molecule is CCNS(=O)(=O)c1ccc(C(=O)OCC(=O)NC(C)C)cc1. The Kier molecular flexibility index (Phi) is 6.51. The summed E-state index contributed by atoms with van der Waals surface area (Å²) in [5.41, 5.74) is 0.174. The van der Waals surface area contributed by atoms with E-state index in [0.717, 1.165) is 0 Å². The third-order valence-electron chi connectivity index (χ3n) is 2.52. The van der Waals surface area contributed by atoms with Crippen LogP contribution in [-0.4, -0.2) is 39.5 Å². The first kappa shape index (κ1) is 18.1. The smallest absolute Gasteiger partial charge is 0.338 e. The lowest BCUT2D eigenvalue weighted by molar-refractivity contribution is -0.124. The zero-order chi connectivity index (χ0) is 16.8. The van der Waals surface area contributed by atoms with Crippen molar-refractivity contribution in [3.05, 3.63) is 29.8 Å². The Morgan fingerprint density at radius 3 is 2.27 bits per heavy atom. The molecular weight excluding hydrogens is 308 g/mol. The number of ether oxygens (including phenoxy) is 1. The van der Waals surface area contributed by atoms with Gasteiger partial charge in [-0.15, -0.1) is 0 Å². The van der Waals surface area contributed by atoms with Crippen molar-refractivity contribution < 1.29 is 22.7 Å². The normalized spacial score (nSPS) is 11.3. The zero-order valence-electron chi connectivity index (χ0n) is 12.8. The van der Waals surface area contributed by atoms with Gasteiger partial charge in [-0.25, -0.2) is 17.9 Å². The van der Waals surface area contributed by atoms with Gasteiger partial charge in [0.15, 0.2) is 6.61 Å². The van der Waals surface area contributed by atoms with Crippen molar-refractivity contribution in [3.8, 4) is 0 Å². The van der Waals surface area contributed by atoms with Crippen LogP contribution in [0.5, 0.6) is 0 Å². The number of hydrogen-bond donors (Lipinski definition) is 2. The van der Waals surface area contributed by atoms with Gasteiger partial charge in [0.25, 0.3) is 5.91 Å². The number of benzene rings is 1. The van der Waals surface area contributed by atoms with Gasteiger partial charge in [0.05, 0.1) is 10.5 Å². The summed E-state index contributed by atoms with van der Waals surface area (Å²) in [6.45, 7) is 5.16. The molecule has 0 atom stereocenters. The summed E-state index contributed by atoms with van der Waals surface area (Å²) >= 11 is 0. The molecule has 2 N–H and O–H groups in total. The zero-order valence-corrected chi connectivity index (χ0v) is 13.6. The molecule has 0 unspecified atom stereocenters. The summed E-state index contributed by atoms with van der Waals surface area (Å²) in [5.74, 6) is -1.08. The van der Waals surface area contributed by atoms with Crippen molar-refractivity contribution >= 4 is 21.9 Å². The van der Waals surface area contributed by atoms with Crippen molar-refractivity contribution in [2.75, 3.05) is 13.2 Å². The monoisotopic (exact) mass is 328 g/mol. The van der Waals surface area contributed by atoms with Crippen molar-refractivity contribution in [1.29, 1.82) is 0 Å². The minimum absolute atomic E-state index is 0.0400. The number of nitrogens with one attached hydrogen (secondary N) is 2. The fourth-order valence-corrected chi connectivity index (χ4v) is 2.66. The van der Waals surface area contributed by atoms with E-state index < -0.39 is 21.9 Å². The van der Waals surface area contributed by atoms with Gasteiger partial charge in [0, 0.05) is 12.6 Å². The van der Waals surface area contributed by atoms with Crippen molar-refractivity contribution in [2.45, 2.75) is 31.7 Å². The number of amides is 1. The highest BCUT2D eigenvalue weighted by Crippen LogP contribution is 2.11. The molecule has 8 heteroatoms. The van der Waals surface area contributed by atoms with Crippen LogP contribution in [0, 0.1) is 0 Å². The third kappa shape index (κ3) is 5.45. The number of sulfonamides is 1. The van der Waals surface area contributed by atoms with Gasteiger partial charge in [0.1, 0.15) is 0 Å². The van der Waals surface area contributed by atoms with Gasteiger partial charge in [-0.2, -0.15) is 0 Å². The van der Waals surface area contributed by atoms with Crippen LogP contribution in [0.25, 0.3) is 0 Å². The summed E-state index contributed by atoms with van der Waals surface area (Å²) in [4.78, 5) is 23.2. The van der Waals surface area contributed by atoms with Crippen LogP contribution < -0.4 is 10.0 Å². The molecular formula is C14H20N2O5S. The van der Waals surface area contributed by atoms with Gasteiger partial charge in [-0.3, -0.25) is 4.79 Å². The molecule has 1 rings (SSSR count). The Morgan fingerprint density at radius 2 is 1.77 bits per heavy atom. The van der Waals surface area contributed by atoms with Crippen molar-refractivity contribution in [2.24, 2.45) is 0 Å². The molecule has 0 bridgehead atoms. The van der Waals surface area contributed by atoms with Gasteiger partial charge >= 0.3 is 5.97 Å². The lowest BCUT2D eigenvalue weighted by atomic mass is 10.2. The van der Waals surface area contributed by atoms with Crippen LogP contribution in [0.3, 0.4) is 0 Å². The Morgan fingerprint density at radius 1 is 1.18 bits per heavy atom. The number of carbonyl (C=O) groups is 2. The van der Waals surface area contributed by atoms with Crippen molar-refractivity contribution in [1.82, 2.24) is 10.0 Å². The molecule has 0 aliphatic heterocycles. The van der Waals surface area contributed by atoms with Gasteiger partial charge < -0.3 is 10.1 Å². The van der Waals surface area contributed by atoms with E-state index in [4.69, 9.17) is 4.74 Å². The number of rotatable bonds is 7. The minimum atomic E-state index is -3.56. The first-order chi connectivity index (χ1) is 10.3. The molecule has 0 radical (unpaired) electrons. The number of hydrogen-bond acceptors (Lipinski definition) is 5. The maximum Gasteiger partial charge on any atom is 0.338 e. The first-order valence-corrected chi connectivity index (χ1v) is 8.30. The molecule has 0 saturated heterocycles. The molecule has 0 aliphatic rings. The predicted molar refractivity (Wildman–Crippen MR) is 80.9 cm³/mol. The molecule has 22 heavy (non-hydrogen) atoms. The third-order valence-corrected chi connectivity index (χ3v) is 4.08. The molecule has 0 saturated carbocycles. The molecule has 1 amide bonds. The average molecular weight is 328 g/mol. The summed E-state index contributed by atoms with van der Waals surface area (Å²) in [7, 11) is -3.56.